The molecular formula is C32H36N6O2. The number of tetrazole rings is 1. The van der Waals surface area contributed by atoms with Crippen molar-refractivity contribution in [3.8, 4) is 5.75 Å². The zero-order valence-electron chi connectivity index (χ0n) is 23.6. The van der Waals surface area contributed by atoms with E-state index in [2.05, 4.69) is 70.4 Å². The van der Waals surface area contributed by atoms with E-state index < -0.39 is 0 Å². The summed E-state index contributed by atoms with van der Waals surface area (Å²) < 4.78 is 7.57. The number of nitrogens with zero attached hydrogens (tertiary/aromatic N) is 5. The Kier molecular flexibility index (Phi) is 8.36. The topological polar surface area (TPSA) is 88.9 Å². The van der Waals surface area contributed by atoms with Crippen LogP contribution in [0.15, 0.2) is 77.6 Å². The number of fused-ring (bicyclic) bond motifs is 1. The molecule has 8 heteroatoms. The van der Waals surface area contributed by atoms with Crippen molar-refractivity contribution in [1.29, 1.82) is 0 Å². The highest BCUT2D eigenvalue weighted by molar-refractivity contribution is 5.80. The van der Waals surface area contributed by atoms with Crippen LogP contribution in [0.2, 0.25) is 0 Å². The van der Waals surface area contributed by atoms with Crippen LogP contribution in [0.3, 0.4) is 0 Å². The van der Waals surface area contributed by atoms with E-state index in [0.717, 1.165) is 46.4 Å². The third-order valence-electron chi connectivity index (χ3n) is 7.62. The number of benzene rings is 3. The van der Waals surface area contributed by atoms with Gasteiger partial charge in [0.1, 0.15) is 5.75 Å². The van der Waals surface area contributed by atoms with Gasteiger partial charge in [-0.1, -0.05) is 55.5 Å². The number of hydrogen-bond donors (Lipinski definition) is 1. The molecule has 0 bridgehead atoms. The molecule has 40 heavy (non-hydrogen) atoms. The van der Waals surface area contributed by atoms with Gasteiger partial charge in [-0.3, -0.25) is 9.69 Å². The highest BCUT2D eigenvalue weighted by Crippen LogP contribution is 2.29. The fourth-order valence-corrected chi connectivity index (χ4v) is 5.28. The van der Waals surface area contributed by atoms with Crippen molar-refractivity contribution in [1.82, 2.24) is 30.1 Å². The third-order valence-corrected chi connectivity index (χ3v) is 7.62. The van der Waals surface area contributed by atoms with E-state index in [1.807, 2.05) is 53.2 Å². The molecule has 0 spiro atoms. The summed E-state index contributed by atoms with van der Waals surface area (Å²) in [6.45, 7) is 7.95. The molecule has 8 nitrogen and oxygen atoms in total. The minimum absolute atomic E-state index is 0.0840. The number of rotatable bonds is 11. The summed E-state index contributed by atoms with van der Waals surface area (Å²) in [5.74, 6) is 1.60. The minimum atomic E-state index is -0.120. The Morgan fingerprint density at radius 1 is 0.950 bits per heavy atom. The van der Waals surface area contributed by atoms with Crippen molar-refractivity contribution in [2.45, 2.75) is 59.3 Å². The van der Waals surface area contributed by atoms with Crippen molar-refractivity contribution < 1.29 is 4.74 Å². The SMILES string of the molecule is CC[C@@H](c1nnnn1CCc1ccccc1)N(Cc1ccccc1OC)Cc1cc2cc(C)c(C)cc2[nH]c1=O. The molecule has 0 radical (unpaired) electrons. The molecule has 3 aromatic carbocycles. The number of aryl methyl sites for hydroxylation is 4. The number of hydrogen-bond acceptors (Lipinski definition) is 6. The van der Waals surface area contributed by atoms with Gasteiger partial charge in [0.25, 0.3) is 5.56 Å². The van der Waals surface area contributed by atoms with Crippen molar-refractivity contribution in [3.63, 3.8) is 0 Å². The Morgan fingerprint density at radius 3 is 2.45 bits per heavy atom. The molecule has 1 N–H and O–H groups in total. The largest absolute Gasteiger partial charge is 0.496 e. The lowest BCUT2D eigenvalue weighted by molar-refractivity contribution is 0.159. The molecule has 0 aliphatic carbocycles. The summed E-state index contributed by atoms with van der Waals surface area (Å²) in [6.07, 6.45) is 1.59. The highest BCUT2D eigenvalue weighted by atomic mass is 16.5. The summed E-state index contributed by atoms with van der Waals surface area (Å²) in [5, 5.41) is 13.9. The maximum atomic E-state index is 13.3. The second-order valence-corrected chi connectivity index (χ2v) is 10.3. The lowest BCUT2D eigenvalue weighted by atomic mass is 10.0. The number of ether oxygens (including phenoxy) is 1. The maximum absolute atomic E-state index is 13.3. The van der Waals surface area contributed by atoms with Crippen LogP contribution in [-0.4, -0.2) is 37.2 Å². The zero-order chi connectivity index (χ0) is 28.1. The van der Waals surface area contributed by atoms with E-state index in [9.17, 15) is 4.79 Å². The molecule has 206 valence electrons. The molecule has 0 saturated heterocycles. The number of pyridine rings is 1. The van der Waals surface area contributed by atoms with E-state index in [4.69, 9.17) is 4.74 Å². The van der Waals surface area contributed by atoms with Crippen LogP contribution in [0.5, 0.6) is 5.75 Å². The van der Waals surface area contributed by atoms with Crippen molar-refractivity contribution >= 4 is 10.9 Å². The fourth-order valence-electron chi connectivity index (χ4n) is 5.28. The quantitative estimate of drug-likeness (QED) is 0.239. The van der Waals surface area contributed by atoms with Gasteiger partial charge in [-0.2, -0.15) is 0 Å². The van der Waals surface area contributed by atoms with Gasteiger partial charge in [-0.05, 0) is 83.5 Å². The first kappa shape index (κ1) is 27.3. The fraction of sp³-hybridized carbons (Fsp3) is 0.312. The lowest BCUT2D eigenvalue weighted by Gasteiger charge is -2.30. The molecule has 1 atom stereocenters. The number of aromatic nitrogens is 5. The first-order valence-electron chi connectivity index (χ1n) is 13.8. The molecule has 2 aromatic heterocycles. The number of nitrogens with one attached hydrogen (secondary N) is 1. The molecular weight excluding hydrogens is 500 g/mol. The summed E-state index contributed by atoms with van der Waals surface area (Å²) in [5.41, 5.74) is 6.09. The van der Waals surface area contributed by atoms with Gasteiger partial charge in [0.2, 0.25) is 0 Å². The number of aromatic amines is 1. The Hall–Kier alpha value is -4.30. The third kappa shape index (κ3) is 5.97. The number of para-hydroxylation sites is 1. The van der Waals surface area contributed by atoms with Crippen molar-refractivity contribution in [2.24, 2.45) is 0 Å². The Bertz CT molecular complexity index is 1640. The summed E-state index contributed by atoms with van der Waals surface area (Å²) >= 11 is 0. The van der Waals surface area contributed by atoms with Crippen LogP contribution in [-0.2, 0) is 26.1 Å². The Labute approximate surface area is 234 Å². The predicted octanol–water partition coefficient (Wildman–Crippen LogP) is 5.54. The van der Waals surface area contributed by atoms with Crippen LogP contribution in [0.4, 0.5) is 0 Å². The summed E-state index contributed by atoms with van der Waals surface area (Å²) in [4.78, 5) is 18.7. The first-order chi connectivity index (χ1) is 19.5. The molecule has 5 rings (SSSR count). The molecule has 0 aliphatic heterocycles. The highest BCUT2D eigenvalue weighted by Gasteiger charge is 2.27. The molecule has 0 aliphatic rings. The monoisotopic (exact) mass is 536 g/mol. The van der Waals surface area contributed by atoms with Crippen LogP contribution in [0.25, 0.3) is 10.9 Å². The van der Waals surface area contributed by atoms with Gasteiger partial charge >= 0.3 is 0 Å². The predicted molar refractivity (Wildman–Crippen MR) is 157 cm³/mol. The molecule has 0 amide bonds. The van der Waals surface area contributed by atoms with Gasteiger partial charge in [0, 0.05) is 36.3 Å². The van der Waals surface area contributed by atoms with Crippen LogP contribution >= 0.6 is 0 Å². The van der Waals surface area contributed by atoms with Gasteiger partial charge < -0.3 is 9.72 Å². The average Bonchev–Trinajstić information content (AvgIpc) is 3.43. The first-order valence-corrected chi connectivity index (χ1v) is 13.8. The smallest absolute Gasteiger partial charge is 0.252 e. The normalized spacial score (nSPS) is 12.2. The molecule has 0 fully saturated rings. The number of H-pyrrole nitrogens is 1. The summed E-state index contributed by atoms with van der Waals surface area (Å²) in [6, 6.07) is 24.4. The standard InChI is InChI=1S/C32H36N6O2/c1-5-29(31-34-35-36-38(31)16-15-24-11-7-6-8-12-24)37(20-25-13-9-10-14-30(25)40-4)21-27-19-26-17-22(2)23(3)18-28(26)33-32(27)39/h6-14,17-19,29H,5,15-16,20-21H2,1-4H3,(H,33,39)/t29-/m0/s1. The molecule has 0 saturated carbocycles. The van der Waals surface area contributed by atoms with E-state index in [1.54, 1.807) is 7.11 Å². The molecule has 5 aromatic rings. The van der Waals surface area contributed by atoms with Gasteiger partial charge in [0.05, 0.1) is 13.2 Å². The minimum Gasteiger partial charge on any atom is -0.496 e. The lowest BCUT2D eigenvalue weighted by Crippen LogP contribution is -2.32. The van der Waals surface area contributed by atoms with Gasteiger partial charge in [-0.15, -0.1) is 5.10 Å². The van der Waals surface area contributed by atoms with Crippen molar-refractivity contribution in [2.75, 3.05) is 7.11 Å². The van der Waals surface area contributed by atoms with Crippen LogP contribution in [0.1, 0.15) is 53.0 Å². The molecule has 0 unspecified atom stereocenters. The van der Waals surface area contributed by atoms with Gasteiger partial charge in [0.15, 0.2) is 5.82 Å². The van der Waals surface area contributed by atoms with Crippen LogP contribution < -0.4 is 10.3 Å². The summed E-state index contributed by atoms with van der Waals surface area (Å²) in [7, 11) is 1.68. The second-order valence-electron chi connectivity index (χ2n) is 10.3. The van der Waals surface area contributed by atoms with E-state index in [1.165, 1.54) is 11.1 Å². The zero-order valence-corrected chi connectivity index (χ0v) is 23.6. The van der Waals surface area contributed by atoms with Crippen LogP contribution in [0, 0.1) is 13.8 Å². The average molecular weight is 537 g/mol. The Morgan fingerprint density at radius 2 is 1.68 bits per heavy atom. The van der Waals surface area contributed by atoms with E-state index in [0.29, 0.717) is 25.2 Å². The Balaban J connectivity index is 1.51. The molecule has 2 heterocycles. The second kappa shape index (κ2) is 12.3. The number of methoxy groups -OCH3 is 1. The maximum Gasteiger partial charge on any atom is 0.252 e. The van der Waals surface area contributed by atoms with Gasteiger partial charge in [-0.25, -0.2) is 4.68 Å². The van der Waals surface area contributed by atoms with E-state index >= 15 is 0 Å². The van der Waals surface area contributed by atoms with Crippen molar-refractivity contribution in [3.05, 3.63) is 117 Å². The van der Waals surface area contributed by atoms with E-state index in [-0.39, 0.29) is 11.6 Å².